The molecule has 1 fully saturated rings. The Kier molecular flexibility index (Phi) is 7.76. The number of methoxy groups -OCH3 is 1. The molecule has 1 saturated heterocycles. The summed E-state index contributed by atoms with van der Waals surface area (Å²) in [5.74, 6) is 0.968. The number of nitrogens with zero attached hydrogens (tertiary/aromatic N) is 2. The lowest BCUT2D eigenvalue weighted by atomic mass is 10.0. The summed E-state index contributed by atoms with van der Waals surface area (Å²) in [6, 6.07) is 8.97. The Morgan fingerprint density at radius 3 is 2.67 bits per heavy atom. The SMILES string of the molecule is C=C(C)COc1ccccc1CN(CCOC)C1CCN(C)CC1. The molecule has 4 heteroatoms. The molecule has 0 aliphatic carbocycles. The molecule has 1 heterocycles. The summed E-state index contributed by atoms with van der Waals surface area (Å²) in [7, 11) is 3.98. The lowest BCUT2D eigenvalue weighted by Gasteiger charge is -2.37. The number of para-hydroxylation sites is 1. The fraction of sp³-hybridized carbons (Fsp3) is 0.600. The minimum absolute atomic E-state index is 0.573. The fourth-order valence-corrected chi connectivity index (χ4v) is 3.15. The molecule has 4 nitrogen and oxygen atoms in total. The molecule has 0 saturated carbocycles. The molecule has 0 atom stereocenters. The van der Waals surface area contributed by atoms with E-state index in [2.05, 4.69) is 41.6 Å². The van der Waals surface area contributed by atoms with Gasteiger partial charge < -0.3 is 14.4 Å². The first-order valence-electron chi connectivity index (χ1n) is 8.86. The van der Waals surface area contributed by atoms with Gasteiger partial charge in [0.2, 0.25) is 0 Å². The molecule has 0 unspecified atom stereocenters. The van der Waals surface area contributed by atoms with Gasteiger partial charge >= 0.3 is 0 Å². The van der Waals surface area contributed by atoms with Gasteiger partial charge in [0.25, 0.3) is 0 Å². The largest absolute Gasteiger partial charge is 0.489 e. The molecule has 1 aliphatic rings. The third-order valence-corrected chi connectivity index (χ3v) is 4.61. The summed E-state index contributed by atoms with van der Waals surface area (Å²) in [6.07, 6.45) is 2.43. The average Bonchev–Trinajstić information content (AvgIpc) is 2.58. The maximum atomic E-state index is 5.94. The van der Waals surface area contributed by atoms with Crippen LogP contribution >= 0.6 is 0 Å². The minimum atomic E-state index is 0.573. The Balaban J connectivity index is 2.06. The normalized spacial score (nSPS) is 16.5. The molecule has 0 amide bonds. The minimum Gasteiger partial charge on any atom is -0.489 e. The first-order valence-corrected chi connectivity index (χ1v) is 8.86. The van der Waals surface area contributed by atoms with Crippen LogP contribution in [0.3, 0.4) is 0 Å². The van der Waals surface area contributed by atoms with Gasteiger partial charge in [-0.05, 0) is 51.5 Å². The van der Waals surface area contributed by atoms with Gasteiger partial charge in [-0.25, -0.2) is 0 Å². The number of benzene rings is 1. The van der Waals surface area contributed by atoms with Crippen molar-refractivity contribution in [1.29, 1.82) is 0 Å². The molecule has 0 radical (unpaired) electrons. The highest BCUT2D eigenvalue weighted by Crippen LogP contribution is 2.24. The molecule has 1 aromatic rings. The van der Waals surface area contributed by atoms with Crippen molar-refractivity contribution in [2.45, 2.75) is 32.4 Å². The first-order chi connectivity index (χ1) is 11.6. The molecule has 1 aliphatic heterocycles. The molecule has 0 spiro atoms. The topological polar surface area (TPSA) is 24.9 Å². The summed E-state index contributed by atoms with van der Waals surface area (Å²) < 4.78 is 11.3. The summed E-state index contributed by atoms with van der Waals surface area (Å²) in [5.41, 5.74) is 2.28. The van der Waals surface area contributed by atoms with Gasteiger partial charge in [-0.2, -0.15) is 0 Å². The Morgan fingerprint density at radius 1 is 1.29 bits per heavy atom. The van der Waals surface area contributed by atoms with E-state index >= 15 is 0 Å². The molecule has 0 aromatic heterocycles. The van der Waals surface area contributed by atoms with E-state index in [0.717, 1.165) is 31.0 Å². The summed E-state index contributed by atoms with van der Waals surface area (Å²) in [6.45, 7) is 11.5. The van der Waals surface area contributed by atoms with Crippen molar-refractivity contribution in [3.63, 3.8) is 0 Å². The van der Waals surface area contributed by atoms with E-state index in [-0.39, 0.29) is 0 Å². The number of rotatable bonds is 9. The van der Waals surface area contributed by atoms with E-state index in [1.807, 2.05) is 13.0 Å². The van der Waals surface area contributed by atoms with E-state index < -0.39 is 0 Å². The zero-order valence-corrected chi connectivity index (χ0v) is 15.5. The van der Waals surface area contributed by atoms with Gasteiger partial charge in [0, 0.05) is 31.8 Å². The van der Waals surface area contributed by atoms with Crippen molar-refractivity contribution < 1.29 is 9.47 Å². The van der Waals surface area contributed by atoms with Crippen LogP contribution in [0, 0.1) is 0 Å². The maximum absolute atomic E-state index is 5.94. The number of piperidine rings is 1. The van der Waals surface area contributed by atoms with Crippen LogP contribution in [-0.4, -0.2) is 62.8 Å². The zero-order valence-electron chi connectivity index (χ0n) is 15.5. The third kappa shape index (κ3) is 5.93. The quantitative estimate of drug-likeness (QED) is 0.649. The Hall–Kier alpha value is -1.36. The average molecular weight is 332 g/mol. The smallest absolute Gasteiger partial charge is 0.124 e. The predicted molar refractivity (Wildman–Crippen MR) is 99.6 cm³/mol. The van der Waals surface area contributed by atoms with Crippen LogP contribution in [0.4, 0.5) is 0 Å². The van der Waals surface area contributed by atoms with Crippen molar-refractivity contribution in [2.75, 3.05) is 47.0 Å². The Bertz CT molecular complexity index is 510. The van der Waals surface area contributed by atoms with Crippen LogP contribution in [0.15, 0.2) is 36.4 Å². The summed E-state index contributed by atoms with van der Waals surface area (Å²) in [5, 5.41) is 0. The van der Waals surface area contributed by atoms with E-state index in [0.29, 0.717) is 12.6 Å². The molecule has 0 bridgehead atoms. The number of hydrogen-bond acceptors (Lipinski definition) is 4. The van der Waals surface area contributed by atoms with Crippen molar-refractivity contribution in [1.82, 2.24) is 9.80 Å². The molecule has 134 valence electrons. The van der Waals surface area contributed by atoms with Gasteiger partial charge in [0.05, 0.1) is 6.61 Å². The number of likely N-dealkylation sites (tertiary alicyclic amines) is 1. The van der Waals surface area contributed by atoms with Crippen molar-refractivity contribution >= 4 is 0 Å². The zero-order chi connectivity index (χ0) is 17.4. The second kappa shape index (κ2) is 9.82. The van der Waals surface area contributed by atoms with Crippen LogP contribution < -0.4 is 4.74 Å². The maximum Gasteiger partial charge on any atom is 0.124 e. The van der Waals surface area contributed by atoms with Crippen molar-refractivity contribution in [3.8, 4) is 5.75 Å². The second-order valence-corrected chi connectivity index (χ2v) is 6.85. The summed E-state index contributed by atoms with van der Waals surface area (Å²) in [4.78, 5) is 4.97. The van der Waals surface area contributed by atoms with Crippen LogP contribution in [0.2, 0.25) is 0 Å². The van der Waals surface area contributed by atoms with Crippen LogP contribution in [-0.2, 0) is 11.3 Å². The molecular weight excluding hydrogens is 300 g/mol. The van der Waals surface area contributed by atoms with Gasteiger partial charge in [0.15, 0.2) is 0 Å². The Labute approximate surface area is 147 Å². The molecule has 2 rings (SSSR count). The molecule has 1 aromatic carbocycles. The van der Waals surface area contributed by atoms with E-state index in [4.69, 9.17) is 9.47 Å². The lowest BCUT2D eigenvalue weighted by Crippen LogP contribution is -2.44. The van der Waals surface area contributed by atoms with Gasteiger partial charge in [-0.15, -0.1) is 0 Å². The fourth-order valence-electron chi connectivity index (χ4n) is 3.15. The van der Waals surface area contributed by atoms with E-state index in [1.165, 1.54) is 31.5 Å². The number of ether oxygens (including phenoxy) is 2. The van der Waals surface area contributed by atoms with E-state index in [9.17, 15) is 0 Å². The van der Waals surface area contributed by atoms with Crippen LogP contribution in [0.25, 0.3) is 0 Å². The molecular formula is C20H32N2O2. The van der Waals surface area contributed by atoms with Crippen molar-refractivity contribution in [3.05, 3.63) is 42.0 Å². The van der Waals surface area contributed by atoms with Crippen molar-refractivity contribution in [2.24, 2.45) is 0 Å². The lowest BCUT2D eigenvalue weighted by molar-refractivity contribution is 0.0795. The predicted octanol–water partition coefficient (Wildman–Crippen LogP) is 3.18. The monoisotopic (exact) mass is 332 g/mol. The van der Waals surface area contributed by atoms with E-state index in [1.54, 1.807) is 7.11 Å². The Morgan fingerprint density at radius 2 is 2.00 bits per heavy atom. The first kappa shape index (κ1) is 19.0. The van der Waals surface area contributed by atoms with Crippen LogP contribution in [0.5, 0.6) is 5.75 Å². The molecule has 0 N–H and O–H groups in total. The second-order valence-electron chi connectivity index (χ2n) is 6.85. The highest BCUT2D eigenvalue weighted by molar-refractivity contribution is 5.33. The third-order valence-electron chi connectivity index (χ3n) is 4.61. The standard InChI is InChI=1S/C20H32N2O2/c1-17(2)16-24-20-8-6-5-7-18(20)15-22(13-14-23-4)19-9-11-21(3)12-10-19/h5-8,19H,1,9-16H2,2-4H3. The van der Waals surface area contributed by atoms with Crippen LogP contribution in [0.1, 0.15) is 25.3 Å². The number of hydrogen-bond donors (Lipinski definition) is 0. The van der Waals surface area contributed by atoms with Gasteiger partial charge in [-0.1, -0.05) is 24.8 Å². The van der Waals surface area contributed by atoms with Gasteiger partial charge in [0.1, 0.15) is 12.4 Å². The highest BCUT2D eigenvalue weighted by Gasteiger charge is 2.23. The molecule has 24 heavy (non-hydrogen) atoms. The highest BCUT2D eigenvalue weighted by atomic mass is 16.5. The van der Waals surface area contributed by atoms with Gasteiger partial charge in [-0.3, -0.25) is 4.90 Å². The summed E-state index contributed by atoms with van der Waals surface area (Å²) >= 11 is 0.